The van der Waals surface area contributed by atoms with E-state index in [-0.39, 0.29) is 17.1 Å². The Labute approximate surface area is 106 Å². The molecular formula is C11H6N2O2S2. The van der Waals surface area contributed by atoms with E-state index < -0.39 is 0 Å². The Morgan fingerprint density at radius 1 is 1.18 bits per heavy atom. The Morgan fingerprint density at radius 3 is 2.35 bits per heavy atom. The predicted molar refractivity (Wildman–Crippen MR) is 64.5 cm³/mol. The second-order valence-corrected chi connectivity index (χ2v) is 5.61. The molecule has 1 aliphatic rings. The second kappa shape index (κ2) is 4.25. The van der Waals surface area contributed by atoms with Crippen LogP contribution >= 0.6 is 23.5 Å². The fourth-order valence-electron chi connectivity index (χ4n) is 1.36. The van der Waals surface area contributed by atoms with Crippen molar-refractivity contribution in [2.75, 3.05) is 0 Å². The average Bonchev–Trinajstić information content (AvgIpc) is 2.73. The van der Waals surface area contributed by atoms with Crippen LogP contribution in [0.25, 0.3) is 0 Å². The summed E-state index contributed by atoms with van der Waals surface area (Å²) in [5.41, 5.74) is 0.554. The molecule has 1 aromatic carbocycles. The van der Waals surface area contributed by atoms with E-state index in [4.69, 9.17) is 10.5 Å². The van der Waals surface area contributed by atoms with E-state index in [9.17, 15) is 10.2 Å². The number of nitrogens with zero attached hydrogens (tertiary/aromatic N) is 2. The van der Waals surface area contributed by atoms with Crippen molar-refractivity contribution in [1.29, 1.82) is 10.5 Å². The number of phenols is 2. The molecule has 0 spiro atoms. The molecule has 1 aliphatic heterocycles. The lowest BCUT2D eigenvalue weighted by Gasteiger charge is -2.05. The quantitative estimate of drug-likeness (QED) is 0.552. The summed E-state index contributed by atoms with van der Waals surface area (Å²) in [6.07, 6.45) is 0. The fraction of sp³-hybridized carbons (Fsp3) is 0.0909. The van der Waals surface area contributed by atoms with Crippen LogP contribution in [0.5, 0.6) is 11.5 Å². The number of fused-ring (bicyclic) bond motifs is 1. The molecule has 4 nitrogen and oxygen atoms in total. The number of thioether (sulfide) groups is 2. The van der Waals surface area contributed by atoms with Gasteiger partial charge in [-0.3, -0.25) is 0 Å². The third-order valence-electron chi connectivity index (χ3n) is 2.20. The standard InChI is InChI=1S/C11H6N2O2S2/c1-5-2-7(14)9-10(8(5)15)17-11(16-9)6(3-12)4-13/h2,14-15H,1H3. The third-order valence-corrected chi connectivity index (χ3v) is 4.83. The van der Waals surface area contributed by atoms with Crippen LogP contribution in [-0.2, 0) is 0 Å². The molecule has 0 amide bonds. The van der Waals surface area contributed by atoms with Crippen LogP contribution in [0.1, 0.15) is 5.56 Å². The van der Waals surface area contributed by atoms with Crippen LogP contribution in [0, 0.1) is 29.6 Å². The van der Waals surface area contributed by atoms with E-state index in [2.05, 4.69) is 0 Å². The van der Waals surface area contributed by atoms with Crippen molar-refractivity contribution in [3.63, 3.8) is 0 Å². The Bertz CT molecular complexity index is 608. The summed E-state index contributed by atoms with van der Waals surface area (Å²) in [4.78, 5) is 1.00. The van der Waals surface area contributed by atoms with Crippen LogP contribution in [0.15, 0.2) is 25.7 Å². The van der Waals surface area contributed by atoms with E-state index in [1.54, 1.807) is 19.1 Å². The van der Waals surface area contributed by atoms with Gasteiger partial charge in [0.05, 0.1) is 14.0 Å². The van der Waals surface area contributed by atoms with Gasteiger partial charge in [0.15, 0.2) is 0 Å². The van der Waals surface area contributed by atoms with Crippen molar-refractivity contribution in [1.82, 2.24) is 0 Å². The van der Waals surface area contributed by atoms with Crippen molar-refractivity contribution < 1.29 is 10.2 Å². The van der Waals surface area contributed by atoms with E-state index >= 15 is 0 Å². The minimum atomic E-state index is -0.00680. The number of rotatable bonds is 0. The van der Waals surface area contributed by atoms with E-state index in [1.165, 1.54) is 6.07 Å². The lowest BCUT2D eigenvalue weighted by atomic mass is 10.2. The Hall–Kier alpha value is -1.76. The molecule has 0 saturated heterocycles. The van der Waals surface area contributed by atoms with Crippen LogP contribution in [0.3, 0.4) is 0 Å². The van der Waals surface area contributed by atoms with Gasteiger partial charge >= 0.3 is 0 Å². The summed E-state index contributed by atoms with van der Waals surface area (Å²) < 4.78 is 0.487. The van der Waals surface area contributed by atoms with Gasteiger partial charge in [-0.25, -0.2) is 0 Å². The largest absolute Gasteiger partial charge is 0.507 e. The molecule has 0 atom stereocenters. The molecule has 0 bridgehead atoms. The van der Waals surface area contributed by atoms with Gasteiger partial charge in [0, 0.05) is 0 Å². The zero-order valence-electron chi connectivity index (χ0n) is 8.68. The summed E-state index contributed by atoms with van der Waals surface area (Å²) in [5.74, 6) is 0.138. The molecule has 0 aromatic heterocycles. The highest BCUT2D eigenvalue weighted by Gasteiger charge is 2.28. The number of hydrogen-bond donors (Lipinski definition) is 2. The molecular weight excluding hydrogens is 256 g/mol. The molecule has 0 unspecified atom stereocenters. The molecule has 6 heteroatoms. The number of benzene rings is 1. The molecule has 2 N–H and O–H groups in total. The van der Waals surface area contributed by atoms with Gasteiger partial charge in [0.2, 0.25) is 0 Å². The number of nitriles is 2. The lowest BCUT2D eigenvalue weighted by molar-refractivity contribution is 0.432. The van der Waals surface area contributed by atoms with Crippen molar-refractivity contribution in [3.05, 3.63) is 21.4 Å². The van der Waals surface area contributed by atoms with E-state index in [0.717, 1.165) is 23.5 Å². The van der Waals surface area contributed by atoms with Gasteiger partial charge in [0.1, 0.15) is 29.2 Å². The molecule has 0 saturated carbocycles. The maximum absolute atomic E-state index is 9.85. The zero-order chi connectivity index (χ0) is 12.6. The van der Waals surface area contributed by atoms with E-state index in [1.807, 2.05) is 0 Å². The van der Waals surface area contributed by atoms with Crippen molar-refractivity contribution in [3.8, 4) is 23.6 Å². The average molecular weight is 262 g/mol. The summed E-state index contributed by atoms with van der Waals surface area (Å²) >= 11 is 2.27. The van der Waals surface area contributed by atoms with Gasteiger partial charge in [-0.1, -0.05) is 23.5 Å². The first kappa shape index (κ1) is 11.7. The van der Waals surface area contributed by atoms with Gasteiger partial charge in [-0.15, -0.1) is 0 Å². The van der Waals surface area contributed by atoms with Crippen LogP contribution in [-0.4, -0.2) is 10.2 Å². The van der Waals surface area contributed by atoms with Crippen molar-refractivity contribution in [2.24, 2.45) is 0 Å². The number of allylic oxidation sites excluding steroid dienone is 1. The number of phenolic OH excluding ortho intramolecular Hbond substituents is 2. The zero-order valence-corrected chi connectivity index (χ0v) is 10.3. The van der Waals surface area contributed by atoms with Gasteiger partial charge in [0.25, 0.3) is 0 Å². The minimum absolute atomic E-state index is 0.00680. The number of hydrogen-bond acceptors (Lipinski definition) is 6. The molecule has 2 rings (SSSR count). The molecule has 84 valence electrons. The third kappa shape index (κ3) is 1.82. The van der Waals surface area contributed by atoms with Crippen molar-refractivity contribution >= 4 is 23.5 Å². The van der Waals surface area contributed by atoms with Crippen molar-refractivity contribution in [2.45, 2.75) is 16.7 Å². The molecule has 0 radical (unpaired) electrons. The Balaban J connectivity index is 2.60. The highest BCUT2D eigenvalue weighted by Crippen LogP contribution is 2.58. The minimum Gasteiger partial charge on any atom is -0.507 e. The fourth-order valence-corrected chi connectivity index (χ4v) is 3.84. The Morgan fingerprint density at radius 2 is 1.76 bits per heavy atom. The summed E-state index contributed by atoms with van der Waals surface area (Å²) in [7, 11) is 0. The molecule has 17 heavy (non-hydrogen) atoms. The van der Waals surface area contributed by atoms with Crippen LogP contribution < -0.4 is 0 Å². The first-order valence-corrected chi connectivity index (χ1v) is 6.17. The molecule has 1 aromatic rings. The first-order valence-electron chi connectivity index (χ1n) is 4.54. The van der Waals surface area contributed by atoms with Gasteiger partial charge < -0.3 is 10.2 Å². The summed E-state index contributed by atoms with van der Waals surface area (Å²) in [6.45, 7) is 1.68. The van der Waals surface area contributed by atoms with Crippen LogP contribution in [0.4, 0.5) is 0 Å². The SMILES string of the molecule is Cc1cc(O)c2c(c1O)SC(=C(C#N)C#N)S2. The molecule has 0 aliphatic carbocycles. The molecule has 0 fully saturated rings. The maximum Gasteiger partial charge on any atom is 0.150 e. The topological polar surface area (TPSA) is 88.0 Å². The lowest BCUT2D eigenvalue weighted by Crippen LogP contribution is -1.80. The number of aryl methyl sites for hydroxylation is 1. The van der Waals surface area contributed by atoms with Gasteiger partial charge in [-0.05, 0) is 18.6 Å². The summed E-state index contributed by atoms with van der Waals surface area (Å²) in [5, 5.41) is 37.2. The summed E-state index contributed by atoms with van der Waals surface area (Å²) in [6, 6.07) is 5.05. The second-order valence-electron chi connectivity index (χ2n) is 3.31. The smallest absolute Gasteiger partial charge is 0.150 e. The Kier molecular flexibility index (Phi) is 2.93. The maximum atomic E-state index is 9.85. The number of aromatic hydroxyl groups is 2. The highest BCUT2D eigenvalue weighted by molar-refractivity contribution is 8.24. The predicted octanol–water partition coefficient (Wildman–Crippen LogP) is 2.86. The normalized spacial score (nSPS) is 12.8. The molecule has 1 heterocycles. The highest BCUT2D eigenvalue weighted by atomic mass is 32.2. The first-order chi connectivity index (χ1) is 8.08. The van der Waals surface area contributed by atoms with Gasteiger partial charge in [-0.2, -0.15) is 10.5 Å². The monoisotopic (exact) mass is 262 g/mol. The van der Waals surface area contributed by atoms with Crippen LogP contribution in [0.2, 0.25) is 0 Å². The van der Waals surface area contributed by atoms with E-state index in [0.29, 0.717) is 19.6 Å².